The summed E-state index contributed by atoms with van der Waals surface area (Å²) in [6, 6.07) is 10.6. The predicted molar refractivity (Wildman–Crippen MR) is 139 cm³/mol. The van der Waals surface area contributed by atoms with Gasteiger partial charge >= 0.3 is 12.1 Å². The Morgan fingerprint density at radius 2 is 2.00 bits per heavy atom. The number of hydrogen-bond acceptors (Lipinski definition) is 7. The number of esters is 1. The zero-order chi connectivity index (χ0) is 27.1. The molecule has 2 aromatic rings. The molecule has 2 heterocycles. The number of hydrogen-bond donors (Lipinski definition) is 2. The Bertz CT molecular complexity index is 1330. The van der Waals surface area contributed by atoms with Crippen molar-refractivity contribution in [2.75, 3.05) is 6.61 Å². The zero-order valence-corrected chi connectivity index (χ0v) is 22.2. The number of nitrogens with zero attached hydrogens (tertiary/aromatic N) is 1. The third-order valence-corrected chi connectivity index (χ3v) is 10.1. The van der Waals surface area contributed by atoms with E-state index >= 15 is 0 Å². The van der Waals surface area contributed by atoms with Crippen LogP contribution in [0.1, 0.15) is 63.3 Å². The maximum atomic E-state index is 13.5. The second-order valence-electron chi connectivity index (χ2n) is 11.7. The van der Waals surface area contributed by atoms with E-state index in [2.05, 4.69) is 49.8 Å². The van der Waals surface area contributed by atoms with Crippen LogP contribution < -0.4 is 5.32 Å². The fourth-order valence-corrected chi connectivity index (χ4v) is 8.11. The van der Waals surface area contributed by atoms with Crippen LogP contribution >= 0.6 is 0 Å². The Kier molecular flexibility index (Phi) is 5.37. The summed E-state index contributed by atoms with van der Waals surface area (Å²) in [5.41, 5.74) is 2.15. The highest BCUT2D eigenvalue weighted by molar-refractivity contribution is 5.79. The number of carbonyl (C=O) groups is 2. The minimum atomic E-state index is -1.65. The molecular formula is C30H34N2O6. The molecule has 2 bridgehead atoms. The zero-order valence-electron chi connectivity index (χ0n) is 22.2. The van der Waals surface area contributed by atoms with Crippen molar-refractivity contribution in [1.82, 2.24) is 10.3 Å². The van der Waals surface area contributed by atoms with Crippen molar-refractivity contribution >= 4 is 17.6 Å². The van der Waals surface area contributed by atoms with E-state index in [0.29, 0.717) is 18.4 Å². The number of nitrogens with one attached hydrogen (secondary N) is 1. The van der Waals surface area contributed by atoms with E-state index in [9.17, 15) is 14.7 Å². The van der Waals surface area contributed by atoms with Gasteiger partial charge in [0.1, 0.15) is 17.3 Å². The van der Waals surface area contributed by atoms with Crippen molar-refractivity contribution in [3.8, 4) is 0 Å². The molecule has 1 aliphatic heterocycles. The van der Waals surface area contributed by atoms with Crippen molar-refractivity contribution in [3.05, 3.63) is 72.1 Å². The van der Waals surface area contributed by atoms with E-state index in [1.54, 1.807) is 25.3 Å². The van der Waals surface area contributed by atoms with E-state index in [-0.39, 0.29) is 17.9 Å². The maximum absolute atomic E-state index is 13.5. The van der Waals surface area contributed by atoms with Crippen LogP contribution in [-0.4, -0.2) is 46.6 Å². The van der Waals surface area contributed by atoms with Gasteiger partial charge in [0.25, 0.3) is 0 Å². The summed E-state index contributed by atoms with van der Waals surface area (Å²) < 4.78 is 17.9. The lowest BCUT2D eigenvalue weighted by atomic mass is 9.59. The Labute approximate surface area is 222 Å². The Morgan fingerprint density at radius 1 is 1.24 bits per heavy atom. The molecule has 7 atom stereocenters. The lowest BCUT2D eigenvalue weighted by Gasteiger charge is -2.45. The first kappa shape index (κ1) is 25.1. The van der Waals surface area contributed by atoms with Gasteiger partial charge in [-0.3, -0.25) is 4.98 Å². The van der Waals surface area contributed by atoms with Gasteiger partial charge in [-0.25, -0.2) is 9.59 Å². The number of aromatic nitrogens is 1. The number of alkyl carbamates (subject to hydrolysis) is 1. The molecule has 6 rings (SSSR count). The number of epoxide rings is 1. The number of benzene rings is 1. The van der Waals surface area contributed by atoms with Crippen molar-refractivity contribution in [2.24, 2.45) is 16.7 Å². The molecule has 8 heteroatoms. The SMILES string of the molecule is C=C1C[C@@]23O[C@]2(c2ccccc21)C1CC(OC(=O)[C@H](O)[C@@H](NC(=O)OCC)c2cccnc2)C3(C)C1(C)C. The van der Waals surface area contributed by atoms with E-state index in [4.69, 9.17) is 14.2 Å². The van der Waals surface area contributed by atoms with Crippen molar-refractivity contribution in [2.45, 2.75) is 70.0 Å². The molecule has 0 spiro atoms. The normalized spacial score (nSPS) is 34.8. The molecule has 38 heavy (non-hydrogen) atoms. The Hall–Kier alpha value is -3.23. The Balaban J connectivity index is 1.30. The van der Waals surface area contributed by atoms with Crippen LogP contribution in [0.3, 0.4) is 0 Å². The maximum Gasteiger partial charge on any atom is 0.407 e. The molecule has 1 aromatic carbocycles. The largest absolute Gasteiger partial charge is 0.460 e. The molecule has 3 unspecified atom stereocenters. The highest BCUT2D eigenvalue weighted by Crippen LogP contribution is 2.89. The lowest BCUT2D eigenvalue weighted by Crippen LogP contribution is -2.53. The number of amides is 1. The molecular weight excluding hydrogens is 484 g/mol. The van der Waals surface area contributed by atoms with Crippen LogP contribution in [0.5, 0.6) is 0 Å². The number of pyridine rings is 1. The van der Waals surface area contributed by atoms with Gasteiger partial charge < -0.3 is 24.6 Å². The van der Waals surface area contributed by atoms with Gasteiger partial charge in [-0.05, 0) is 47.1 Å². The van der Waals surface area contributed by atoms with Crippen molar-refractivity contribution < 1.29 is 28.9 Å². The summed E-state index contributed by atoms with van der Waals surface area (Å²) in [5, 5.41) is 13.7. The molecule has 2 N–H and O–H groups in total. The van der Waals surface area contributed by atoms with Crippen molar-refractivity contribution in [1.29, 1.82) is 0 Å². The van der Waals surface area contributed by atoms with E-state index in [1.165, 1.54) is 11.8 Å². The number of aliphatic hydroxyl groups excluding tert-OH is 1. The molecule has 0 radical (unpaired) electrons. The average Bonchev–Trinajstić information content (AvgIpc) is 3.53. The van der Waals surface area contributed by atoms with Gasteiger partial charge in [0.05, 0.1) is 12.6 Å². The molecule has 3 aliphatic carbocycles. The minimum Gasteiger partial charge on any atom is -0.460 e. The lowest BCUT2D eigenvalue weighted by molar-refractivity contribution is -0.172. The fourth-order valence-electron chi connectivity index (χ4n) is 8.11. The summed E-state index contributed by atoms with van der Waals surface area (Å²) in [6.45, 7) is 12.8. The second kappa shape index (κ2) is 8.13. The quantitative estimate of drug-likeness (QED) is 0.434. The molecule has 1 aromatic heterocycles. The van der Waals surface area contributed by atoms with Crippen LogP contribution in [-0.2, 0) is 24.6 Å². The monoisotopic (exact) mass is 518 g/mol. The minimum absolute atomic E-state index is 0.121. The molecule has 200 valence electrons. The second-order valence-corrected chi connectivity index (χ2v) is 11.7. The van der Waals surface area contributed by atoms with Crippen LogP contribution in [0.4, 0.5) is 4.79 Å². The third kappa shape index (κ3) is 2.90. The number of ether oxygens (including phenoxy) is 3. The third-order valence-electron chi connectivity index (χ3n) is 10.1. The Morgan fingerprint density at radius 3 is 2.71 bits per heavy atom. The van der Waals surface area contributed by atoms with Crippen LogP contribution in [0.25, 0.3) is 5.57 Å². The molecule has 1 amide bonds. The number of rotatable bonds is 6. The standard InChI is InChI=1S/C30H34N2O6/c1-6-36-26(35)32-23(18-10-9-13-31-16-18)24(33)25(34)37-22-14-21-27(3,4)28(22,5)29-15-17(2)19-11-7-8-12-20(19)30(21,29)38-29/h7-13,16,21-24,33H,2,6,14-15H2,1,3-5H3,(H,32,35)/t21?,22?,23-,24+,28?,29-,30+/m0/s1. The number of aliphatic hydroxyl groups is 1. The van der Waals surface area contributed by atoms with E-state index < -0.39 is 46.9 Å². The van der Waals surface area contributed by atoms with Crippen LogP contribution in [0.2, 0.25) is 0 Å². The fraction of sp³-hybridized carbons (Fsp3) is 0.500. The van der Waals surface area contributed by atoms with Crippen LogP contribution in [0, 0.1) is 16.7 Å². The van der Waals surface area contributed by atoms with Gasteiger partial charge in [0.15, 0.2) is 6.10 Å². The van der Waals surface area contributed by atoms with Gasteiger partial charge in [-0.15, -0.1) is 0 Å². The first-order valence-corrected chi connectivity index (χ1v) is 13.2. The van der Waals surface area contributed by atoms with Gasteiger partial charge in [0, 0.05) is 30.1 Å². The average molecular weight is 519 g/mol. The van der Waals surface area contributed by atoms with Gasteiger partial charge in [-0.1, -0.05) is 57.7 Å². The molecule has 2 saturated carbocycles. The first-order valence-electron chi connectivity index (χ1n) is 13.2. The highest BCUT2D eigenvalue weighted by Gasteiger charge is 2.95. The van der Waals surface area contributed by atoms with Crippen molar-refractivity contribution in [3.63, 3.8) is 0 Å². The van der Waals surface area contributed by atoms with E-state index in [1.807, 2.05) is 12.1 Å². The van der Waals surface area contributed by atoms with E-state index in [0.717, 1.165) is 11.1 Å². The first-order chi connectivity index (χ1) is 18.0. The summed E-state index contributed by atoms with van der Waals surface area (Å²) in [6.07, 6.45) is 1.48. The number of carbonyl (C=O) groups excluding carboxylic acids is 2. The number of fused-ring (bicyclic) bond motifs is 3. The topological polar surface area (TPSA) is 110 Å². The highest BCUT2D eigenvalue weighted by atomic mass is 16.6. The smallest absolute Gasteiger partial charge is 0.407 e. The van der Waals surface area contributed by atoms with Gasteiger partial charge in [-0.2, -0.15) is 0 Å². The summed E-state index contributed by atoms with van der Waals surface area (Å²) in [4.78, 5) is 29.8. The molecule has 3 fully saturated rings. The summed E-state index contributed by atoms with van der Waals surface area (Å²) in [5.74, 6) is -0.682. The van der Waals surface area contributed by atoms with Crippen LogP contribution in [0.15, 0.2) is 55.4 Å². The summed E-state index contributed by atoms with van der Waals surface area (Å²) in [7, 11) is 0. The predicted octanol–water partition coefficient (Wildman–Crippen LogP) is 4.29. The summed E-state index contributed by atoms with van der Waals surface area (Å²) >= 11 is 0. The van der Waals surface area contributed by atoms with Gasteiger partial charge in [0.2, 0.25) is 0 Å². The molecule has 8 nitrogen and oxygen atoms in total. The molecule has 4 aliphatic rings. The molecule has 1 saturated heterocycles.